The van der Waals surface area contributed by atoms with Crippen molar-refractivity contribution in [2.75, 3.05) is 48.5 Å². The Kier molecular flexibility index (Phi) is 56.0. The molecular weight excluding hydrogens is 1400 g/mol. The van der Waals surface area contributed by atoms with Crippen LogP contribution in [0.2, 0.25) is 0 Å². The minimum Gasteiger partial charge on any atom is -0.208 e. The Morgan fingerprint density at radius 3 is 0.394 bits per heavy atom. The van der Waals surface area contributed by atoms with Gasteiger partial charge in [-0.2, -0.15) is 47.0 Å². The maximum absolute atomic E-state index is 4.95. The fourth-order valence-electron chi connectivity index (χ4n) is 13.8. The zero-order chi connectivity index (χ0) is 73.1. The predicted octanol–water partition coefficient (Wildman–Crippen LogP) is 28.6. The maximum atomic E-state index is 4.95. The fraction of sp³-hybridized carbons (Fsp3) is 0.648. The van der Waals surface area contributed by atoms with Crippen molar-refractivity contribution in [1.29, 1.82) is 0 Å². The van der Waals surface area contributed by atoms with Crippen LogP contribution < -0.4 is 0 Å². The van der Waals surface area contributed by atoms with E-state index in [1.807, 2.05) is 145 Å². The maximum Gasteiger partial charge on any atom is 0.164 e. The molecule has 0 fully saturated rings. The van der Waals surface area contributed by atoms with E-state index in [-0.39, 0.29) is 17.1 Å². The first-order valence-corrected chi connectivity index (χ1v) is 47.7. The smallest absolute Gasteiger partial charge is 0.164 e. The van der Waals surface area contributed by atoms with Crippen molar-refractivity contribution in [3.63, 3.8) is 0 Å². The second-order valence-electron chi connectivity index (χ2n) is 29.0. The molecule has 0 N–H and O–H groups in total. The molecule has 0 saturated heterocycles. The van der Waals surface area contributed by atoms with Gasteiger partial charge >= 0.3 is 0 Å². The Morgan fingerprint density at radius 1 is 0.183 bits per heavy atom. The van der Waals surface area contributed by atoms with Gasteiger partial charge in [0, 0.05) is 61.6 Å². The largest absolute Gasteiger partial charge is 0.208 e. The monoisotopic (exact) mass is 1540 g/mol. The van der Waals surface area contributed by atoms with E-state index < -0.39 is 0 Å². The Balaban J connectivity index is 0.000000310. The molecule has 5 aliphatic rings. The van der Waals surface area contributed by atoms with E-state index in [1.54, 1.807) is 11.8 Å². The number of amidine groups is 8. The van der Waals surface area contributed by atoms with Crippen molar-refractivity contribution in [2.45, 2.75) is 329 Å². The summed E-state index contributed by atoms with van der Waals surface area (Å²) in [5.41, 5.74) is 7.15. The van der Waals surface area contributed by atoms with Crippen molar-refractivity contribution in [3.8, 4) is 0 Å². The van der Waals surface area contributed by atoms with Gasteiger partial charge in [-0.05, 0) is 67.8 Å². The van der Waals surface area contributed by atoms with Crippen LogP contribution in [-0.4, -0.2) is 95.2 Å². The van der Waals surface area contributed by atoms with Gasteiger partial charge in [0.2, 0.25) is 0 Å². The normalized spacial score (nSPS) is 13.2. The summed E-state index contributed by atoms with van der Waals surface area (Å²) < 4.78 is 0. The molecule has 0 unspecified atom stereocenters. The minimum atomic E-state index is 0. The zero-order valence-electron chi connectivity index (χ0n) is 66.8. The first kappa shape index (κ1) is 92.5. The second kappa shape index (κ2) is 63.0. The van der Waals surface area contributed by atoms with Gasteiger partial charge in [0.1, 0.15) is 0 Å². The summed E-state index contributed by atoms with van der Waals surface area (Å²) in [7, 11) is 0. The molecule has 581 valence electrons. The molecule has 0 amide bonds. The minimum absolute atomic E-state index is 0. The van der Waals surface area contributed by atoms with Gasteiger partial charge in [0.25, 0.3) is 0 Å². The molecule has 9 rings (SSSR count). The van der Waals surface area contributed by atoms with Crippen molar-refractivity contribution < 1.29 is 17.1 Å². The summed E-state index contributed by atoms with van der Waals surface area (Å²) >= 11 is 7.71. The molecule has 0 saturated carbocycles. The molecular formula is C91H142CuN8S4. The summed E-state index contributed by atoms with van der Waals surface area (Å²) in [6, 6.07) is 31.8. The number of fused-ring (bicyclic) bond motifs is 16. The Bertz CT molecular complexity index is 2670. The van der Waals surface area contributed by atoms with Crippen LogP contribution in [0.25, 0.3) is 0 Å². The molecule has 0 spiro atoms. The van der Waals surface area contributed by atoms with Crippen LogP contribution >= 0.6 is 47.0 Å². The number of rotatable bonds is 51. The number of hydrogen-bond acceptors (Lipinski definition) is 12. The van der Waals surface area contributed by atoms with E-state index in [4.69, 9.17) is 39.9 Å². The van der Waals surface area contributed by atoms with Crippen LogP contribution in [0.4, 0.5) is 0 Å². The first-order chi connectivity index (χ1) is 51.0. The number of benzene rings is 4. The number of aliphatic imine (C=N–C) groups is 8. The van der Waals surface area contributed by atoms with E-state index in [9.17, 15) is 0 Å². The molecule has 0 aromatic heterocycles. The van der Waals surface area contributed by atoms with Crippen LogP contribution in [0.5, 0.6) is 0 Å². The fourth-order valence-corrected chi connectivity index (χ4v) is 15.3. The van der Waals surface area contributed by atoms with Gasteiger partial charge in [-0.15, -0.1) is 0 Å². The van der Waals surface area contributed by atoms with Crippen LogP contribution in [-0.2, 0) is 17.1 Å². The molecule has 8 bridgehead atoms. The molecule has 4 aromatic carbocycles. The van der Waals surface area contributed by atoms with E-state index in [0.717, 1.165) is 44.5 Å². The Morgan fingerprint density at radius 2 is 0.288 bits per heavy atom. The van der Waals surface area contributed by atoms with Gasteiger partial charge in [-0.1, -0.05) is 407 Å². The average molecular weight is 1540 g/mol. The van der Waals surface area contributed by atoms with Gasteiger partial charge in [-0.3, -0.25) is 0 Å². The SMILES string of the molecule is CCCCCCCCCCCCCCCCCCSC.CCCCCCCCCCCCCCCCCCSC.CCCCCCCCCCCCCCCCCCSC.CSC.[Cu].c1ccc2c(c1)C1=NC2=NC2=NC(=NC3=NC(=NC4=NC(=N1)c1ccccc14)c1ccccc13)c1ccccc12. The summed E-state index contributed by atoms with van der Waals surface area (Å²) in [4.78, 5) is 39.3. The quantitative estimate of drug-likeness (QED) is 0.0325. The molecule has 8 nitrogen and oxygen atoms in total. The molecule has 0 aliphatic carbocycles. The van der Waals surface area contributed by atoms with Crippen molar-refractivity contribution in [1.82, 2.24) is 0 Å². The number of nitrogens with zero attached hydrogens (tertiary/aromatic N) is 8. The van der Waals surface area contributed by atoms with Gasteiger partial charge in [-0.25, -0.2) is 39.9 Å². The third-order valence-electron chi connectivity index (χ3n) is 19.9. The molecule has 4 aromatic rings. The topological polar surface area (TPSA) is 98.9 Å². The summed E-state index contributed by atoms with van der Waals surface area (Å²) in [5, 5.41) is 0. The average Bonchev–Trinajstić information content (AvgIpc) is 1.61. The van der Waals surface area contributed by atoms with Crippen molar-refractivity contribution in [3.05, 3.63) is 142 Å². The van der Waals surface area contributed by atoms with E-state index in [0.29, 0.717) is 46.7 Å². The standard InChI is InChI=1S/C32H16N8.3C19H40S.C2H6S.Cu/c1-2-10-18-17(9-1)25-33-26(18)38-28-21-13-5-6-14-22(21)30(35-28)40-32-24-16-8-7-15-23(24)31(36-32)39-29-20-12-4-3-11-19(20)27(34-29)37-25;3*1-3-4-5-6-7-8-9-10-11-12-13-14-15-16-17-18-19-20-2;1-3-2;/h1-16H;3*3-19H2,1-2H3;1-2H3;. The zero-order valence-corrected chi connectivity index (χ0v) is 71.0. The third-order valence-corrected chi connectivity index (χ3v) is 22.0. The van der Waals surface area contributed by atoms with Crippen LogP contribution in [0, 0.1) is 0 Å². The second-order valence-corrected chi connectivity index (χ2v) is 32.7. The molecule has 13 heteroatoms. The van der Waals surface area contributed by atoms with Crippen molar-refractivity contribution in [2.24, 2.45) is 39.9 Å². The van der Waals surface area contributed by atoms with Crippen LogP contribution in [0.3, 0.4) is 0 Å². The van der Waals surface area contributed by atoms with Crippen LogP contribution in [0.1, 0.15) is 373 Å². The van der Waals surface area contributed by atoms with E-state index >= 15 is 0 Å². The third kappa shape index (κ3) is 38.5. The molecule has 5 aliphatic heterocycles. The van der Waals surface area contributed by atoms with Crippen LogP contribution in [0.15, 0.2) is 137 Å². The van der Waals surface area contributed by atoms with Gasteiger partial charge in [0.15, 0.2) is 46.7 Å². The summed E-state index contributed by atoms with van der Waals surface area (Å²) in [5.74, 6) is 8.49. The first-order valence-electron chi connectivity index (χ1n) is 41.9. The molecule has 5 heterocycles. The Labute approximate surface area is 664 Å². The molecule has 104 heavy (non-hydrogen) atoms. The molecule has 1 radical (unpaired) electrons. The number of thioether (sulfide) groups is 4. The van der Waals surface area contributed by atoms with Gasteiger partial charge < -0.3 is 0 Å². The van der Waals surface area contributed by atoms with Crippen molar-refractivity contribution >= 4 is 93.7 Å². The summed E-state index contributed by atoms with van der Waals surface area (Å²) in [6.45, 7) is 6.89. The van der Waals surface area contributed by atoms with E-state index in [1.165, 1.54) is 325 Å². The number of hydrogen-bond donors (Lipinski definition) is 0. The number of unbranched alkanes of at least 4 members (excludes halogenated alkanes) is 45. The summed E-state index contributed by atoms with van der Waals surface area (Å²) in [6.07, 6.45) is 81.2. The van der Waals surface area contributed by atoms with E-state index in [2.05, 4.69) is 39.5 Å². The Hall–Kier alpha value is -3.84. The van der Waals surface area contributed by atoms with Gasteiger partial charge in [0.05, 0.1) is 0 Å². The predicted molar refractivity (Wildman–Crippen MR) is 471 cm³/mol. The molecule has 0 atom stereocenters.